The molecule has 2 aromatic carbocycles. The summed E-state index contributed by atoms with van der Waals surface area (Å²) in [6.07, 6.45) is 1.09. The van der Waals surface area contributed by atoms with Crippen molar-refractivity contribution in [1.29, 1.82) is 5.26 Å². The number of hydrogen-bond donors (Lipinski definition) is 3. The molecule has 0 spiro atoms. The van der Waals surface area contributed by atoms with Crippen LogP contribution in [-0.4, -0.2) is 125 Å². The first kappa shape index (κ1) is 52.4. The van der Waals surface area contributed by atoms with Crippen LogP contribution in [-0.2, 0) is 19.1 Å². The second-order valence-corrected chi connectivity index (χ2v) is 22.5. The molecule has 70 heavy (non-hydrogen) atoms. The lowest BCUT2D eigenvalue weighted by Gasteiger charge is -2.63. The quantitative estimate of drug-likeness (QED) is 0.0711. The van der Waals surface area contributed by atoms with Gasteiger partial charge in [-0.2, -0.15) is 5.26 Å². The normalized spacial score (nSPS) is 21.8. The van der Waals surface area contributed by atoms with Crippen molar-refractivity contribution in [3.8, 4) is 22.3 Å². The average Bonchev–Trinajstić information content (AvgIpc) is 3.95. The van der Waals surface area contributed by atoms with E-state index < -0.39 is 35.4 Å². The zero-order valence-corrected chi connectivity index (χ0v) is 43.3. The fourth-order valence-corrected chi connectivity index (χ4v) is 11.7. The Morgan fingerprint density at radius 3 is 2.29 bits per heavy atom. The first-order chi connectivity index (χ1) is 33.1. The van der Waals surface area contributed by atoms with E-state index in [2.05, 4.69) is 64.2 Å². The predicted molar refractivity (Wildman–Crippen MR) is 271 cm³/mol. The van der Waals surface area contributed by atoms with Gasteiger partial charge in [-0.25, -0.2) is 9.97 Å². The van der Waals surface area contributed by atoms with E-state index in [-0.39, 0.29) is 60.2 Å². The Bertz CT molecular complexity index is 2550. The number of nitriles is 1. The van der Waals surface area contributed by atoms with Crippen molar-refractivity contribution in [2.75, 3.05) is 57.4 Å². The molecule has 2 aliphatic heterocycles. The average molecular weight is 996 g/mol. The molecule has 4 aromatic rings. The SMILES string of the molecule is Cc1ncsc1-c1ccc([C@H](C)NC(=O)[C@@H]2C[C@@H](O)CN2C(=O)[C@@H](NC(=O)COCCN2CCN(c3ccc(C(=O)CC4C(C)(C)C(Oc5ccc(C#N)c(Cl)c5)C4(C)C)cn3)CC2)C(C)(C)C)cc1. The van der Waals surface area contributed by atoms with E-state index in [1.165, 1.54) is 4.90 Å². The van der Waals surface area contributed by atoms with Crippen molar-refractivity contribution in [3.05, 3.63) is 93.7 Å². The molecule has 3 aliphatic rings. The second-order valence-electron chi connectivity index (χ2n) is 21.2. The highest BCUT2D eigenvalue weighted by Crippen LogP contribution is 2.62. The summed E-state index contributed by atoms with van der Waals surface area (Å²) < 4.78 is 12.2. The number of thiazole rings is 1. The number of Topliss-reactive ketones (excluding diaryl/α,β-unsaturated/α-hetero) is 1. The van der Waals surface area contributed by atoms with Crippen molar-refractivity contribution in [2.45, 2.75) is 105 Å². The Morgan fingerprint density at radius 1 is 0.986 bits per heavy atom. The van der Waals surface area contributed by atoms with E-state index in [0.717, 1.165) is 53.7 Å². The molecule has 4 heterocycles. The number of likely N-dealkylation sites (tertiary alicyclic amines) is 1. The molecular weight excluding hydrogens is 928 g/mol. The number of anilines is 1. The third-order valence-electron chi connectivity index (χ3n) is 14.5. The number of rotatable bonds is 17. The van der Waals surface area contributed by atoms with E-state index in [1.54, 1.807) is 35.7 Å². The molecule has 374 valence electrons. The number of pyridine rings is 1. The van der Waals surface area contributed by atoms with Gasteiger partial charge in [0.15, 0.2) is 5.78 Å². The summed E-state index contributed by atoms with van der Waals surface area (Å²) >= 11 is 7.84. The molecule has 0 unspecified atom stereocenters. The summed E-state index contributed by atoms with van der Waals surface area (Å²) in [5.74, 6) is 0.267. The van der Waals surface area contributed by atoms with Crippen molar-refractivity contribution in [1.82, 2.24) is 30.4 Å². The van der Waals surface area contributed by atoms with Gasteiger partial charge in [-0.1, -0.05) is 84.3 Å². The number of nitrogens with zero attached hydrogens (tertiary/aromatic N) is 6. The molecule has 0 bridgehead atoms. The number of benzene rings is 2. The fraction of sp³-hybridized carbons (Fsp3) is 0.528. The summed E-state index contributed by atoms with van der Waals surface area (Å²) in [4.78, 5) is 70.6. The van der Waals surface area contributed by atoms with Crippen molar-refractivity contribution in [2.24, 2.45) is 22.2 Å². The number of halogens is 1. The first-order valence-electron chi connectivity index (χ1n) is 24.1. The molecular formula is C53H67ClN8O7S. The van der Waals surface area contributed by atoms with Gasteiger partial charge in [0.2, 0.25) is 17.7 Å². The third kappa shape index (κ3) is 11.7. The number of hydrogen-bond acceptors (Lipinski definition) is 13. The number of nitrogens with one attached hydrogen (secondary N) is 2. The fourth-order valence-electron chi connectivity index (χ4n) is 10.6. The lowest BCUT2D eigenvalue weighted by molar-refractivity contribution is -0.196. The van der Waals surface area contributed by atoms with E-state index in [1.807, 2.05) is 76.5 Å². The van der Waals surface area contributed by atoms with Crippen LogP contribution in [0.4, 0.5) is 5.82 Å². The van der Waals surface area contributed by atoms with Gasteiger partial charge in [-0.15, -0.1) is 11.3 Å². The molecule has 0 radical (unpaired) electrons. The number of amides is 3. The van der Waals surface area contributed by atoms with Crippen LogP contribution in [0.3, 0.4) is 0 Å². The number of aryl methyl sites for hydroxylation is 1. The topological polar surface area (TPSA) is 190 Å². The highest BCUT2D eigenvalue weighted by Gasteiger charge is 2.63. The van der Waals surface area contributed by atoms with Crippen LogP contribution >= 0.6 is 22.9 Å². The minimum absolute atomic E-state index is 0.0165. The third-order valence-corrected chi connectivity index (χ3v) is 15.8. The predicted octanol–water partition coefficient (Wildman–Crippen LogP) is 7.25. The van der Waals surface area contributed by atoms with Crippen molar-refractivity contribution < 1.29 is 33.8 Å². The molecule has 2 saturated heterocycles. The number of aromatic nitrogens is 2. The molecule has 3 N–H and O–H groups in total. The maximum Gasteiger partial charge on any atom is 0.246 e. The van der Waals surface area contributed by atoms with Gasteiger partial charge in [0.25, 0.3) is 0 Å². The van der Waals surface area contributed by atoms with E-state index in [0.29, 0.717) is 41.5 Å². The molecule has 15 nitrogen and oxygen atoms in total. The van der Waals surface area contributed by atoms with E-state index >= 15 is 0 Å². The Balaban J connectivity index is 0.831. The monoisotopic (exact) mass is 994 g/mol. The Morgan fingerprint density at radius 2 is 1.69 bits per heavy atom. The van der Waals surface area contributed by atoms with Crippen LogP contribution < -0.4 is 20.3 Å². The summed E-state index contributed by atoms with van der Waals surface area (Å²) in [7, 11) is 0. The summed E-state index contributed by atoms with van der Waals surface area (Å²) in [6.45, 7) is 21.6. The molecule has 3 fully saturated rings. The number of aliphatic hydroxyl groups excluding tert-OH is 1. The minimum atomic E-state index is -0.962. The van der Waals surface area contributed by atoms with Gasteiger partial charge in [0.05, 0.1) is 45.4 Å². The first-order valence-corrected chi connectivity index (χ1v) is 25.3. The molecule has 1 aliphatic carbocycles. The number of ketones is 1. The zero-order valence-electron chi connectivity index (χ0n) is 41.8. The largest absolute Gasteiger partial charge is 0.489 e. The Hall–Kier alpha value is -5.44. The lowest BCUT2D eigenvalue weighted by atomic mass is 9.44. The van der Waals surface area contributed by atoms with Gasteiger partial charge >= 0.3 is 0 Å². The molecule has 4 atom stereocenters. The van der Waals surface area contributed by atoms with Gasteiger partial charge in [0, 0.05) is 80.8 Å². The Labute approximate surface area is 420 Å². The van der Waals surface area contributed by atoms with Crippen LogP contribution in [0.2, 0.25) is 5.02 Å². The van der Waals surface area contributed by atoms with E-state index in [9.17, 15) is 29.5 Å². The maximum atomic E-state index is 14.1. The lowest BCUT2D eigenvalue weighted by Crippen LogP contribution is -2.66. The second kappa shape index (κ2) is 21.5. The number of ether oxygens (including phenoxy) is 2. The summed E-state index contributed by atoms with van der Waals surface area (Å²) in [5.41, 5.74) is 4.42. The smallest absolute Gasteiger partial charge is 0.246 e. The van der Waals surface area contributed by atoms with Crippen molar-refractivity contribution in [3.63, 3.8) is 0 Å². The van der Waals surface area contributed by atoms with Gasteiger partial charge in [-0.05, 0) is 60.6 Å². The van der Waals surface area contributed by atoms with Crippen molar-refractivity contribution >= 4 is 52.3 Å². The van der Waals surface area contributed by atoms with Crippen LogP contribution in [0.1, 0.15) is 101 Å². The standard InChI is InChI=1S/C53H67ClN8O7S/c1-32(34-10-12-35(13-11-34)46-33(2)57-31-70-46)58-48(66)41-24-38(63)29-62(41)49(67)47(51(3,4)5)59-45(65)30-68-23-22-60-18-20-61(21-19-60)44-17-15-37(28-56-44)42(64)26-43-52(6,7)50(53(43,8)9)69-39-16-14-36(27-55)40(54)25-39/h10-17,25,28,31-32,38,41,43,47,50,63H,18-24,26,29-30H2,1-9H3,(H,58,66)(H,59,65)/t32-,38+,41-,43?,47+,50?/m0/s1. The van der Waals surface area contributed by atoms with Gasteiger partial charge in [-0.3, -0.25) is 24.1 Å². The summed E-state index contributed by atoms with van der Waals surface area (Å²) in [6, 6.07) is 16.7. The number of aliphatic hydroxyl groups is 1. The number of piperazine rings is 1. The number of carbonyl (C=O) groups is 4. The van der Waals surface area contributed by atoms with Gasteiger partial charge in [0.1, 0.15) is 42.4 Å². The molecule has 3 amide bonds. The van der Waals surface area contributed by atoms with Crippen LogP contribution in [0.15, 0.2) is 66.3 Å². The van der Waals surface area contributed by atoms with Crippen LogP contribution in [0, 0.1) is 40.4 Å². The highest BCUT2D eigenvalue weighted by atomic mass is 35.5. The molecule has 7 rings (SSSR count). The molecule has 17 heteroatoms. The Kier molecular flexibility index (Phi) is 16.1. The molecule has 1 saturated carbocycles. The van der Waals surface area contributed by atoms with Crippen LogP contribution in [0.25, 0.3) is 10.4 Å². The van der Waals surface area contributed by atoms with E-state index in [4.69, 9.17) is 21.1 Å². The van der Waals surface area contributed by atoms with Gasteiger partial charge < -0.3 is 35.0 Å². The maximum absolute atomic E-state index is 14.1. The summed E-state index contributed by atoms with van der Waals surface area (Å²) in [5, 5.41) is 26.2. The molecule has 2 aromatic heterocycles. The zero-order chi connectivity index (χ0) is 50.7. The van der Waals surface area contributed by atoms with Crippen LogP contribution in [0.5, 0.6) is 5.75 Å². The number of β-amino-alcohol motifs (C(OH)–C–C–N with tert-alkyl or cyclic N) is 1. The highest BCUT2D eigenvalue weighted by molar-refractivity contribution is 7.13. The minimum Gasteiger partial charge on any atom is -0.489 e. The number of carbonyl (C=O) groups excluding carboxylic acids is 4.